The summed E-state index contributed by atoms with van der Waals surface area (Å²) in [6, 6.07) is 5.79. The fourth-order valence-electron chi connectivity index (χ4n) is 2.07. The Morgan fingerprint density at radius 1 is 1.37 bits per heavy atom. The van der Waals surface area contributed by atoms with Crippen molar-refractivity contribution in [3.05, 3.63) is 29.3 Å². The maximum atomic E-state index is 11.3. The number of amides is 2. The van der Waals surface area contributed by atoms with E-state index in [0.29, 0.717) is 19.4 Å². The number of nitrogens with one attached hydrogen (secondary N) is 2. The average molecular weight is 260 g/mol. The Morgan fingerprint density at radius 3 is 2.89 bits per heavy atom. The van der Waals surface area contributed by atoms with E-state index >= 15 is 0 Å². The number of hydrogen-bond donors (Lipinski definition) is 2. The summed E-state index contributed by atoms with van der Waals surface area (Å²) < 4.78 is 0. The molecule has 0 atom stereocenters. The Morgan fingerprint density at radius 2 is 2.16 bits per heavy atom. The van der Waals surface area contributed by atoms with Crippen LogP contribution in [0.4, 0.5) is 5.69 Å². The van der Waals surface area contributed by atoms with Gasteiger partial charge in [0, 0.05) is 12.2 Å². The van der Waals surface area contributed by atoms with Crippen LogP contribution in [-0.2, 0) is 27.2 Å². The highest BCUT2D eigenvalue weighted by molar-refractivity contribution is 5.99. The van der Waals surface area contributed by atoms with Crippen molar-refractivity contribution in [3.63, 3.8) is 0 Å². The SMILES string of the molecule is CC(=O)CC(=O)NCCc1ccc2c(c1)CC(=O)N2. The highest BCUT2D eigenvalue weighted by atomic mass is 16.2. The number of hydrogen-bond acceptors (Lipinski definition) is 3. The van der Waals surface area contributed by atoms with Crippen molar-refractivity contribution in [2.75, 3.05) is 11.9 Å². The summed E-state index contributed by atoms with van der Waals surface area (Å²) in [6.07, 6.45) is 1.04. The minimum atomic E-state index is -0.245. The highest BCUT2D eigenvalue weighted by Gasteiger charge is 2.17. The molecule has 5 heteroatoms. The molecule has 2 amide bonds. The number of ketones is 1. The van der Waals surface area contributed by atoms with Crippen LogP contribution in [0.2, 0.25) is 0 Å². The van der Waals surface area contributed by atoms with E-state index in [1.807, 2.05) is 18.2 Å². The summed E-state index contributed by atoms with van der Waals surface area (Å²) >= 11 is 0. The predicted octanol–water partition coefficient (Wildman–Crippen LogP) is 0.819. The van der Waals surface area contributed by atoms with Crippen molar-refractivity contribution in [2.24, 2.45) is 0 Å². The van der Waals surface area contributed by atoms with Crippen LogP contribution in [0.15, 0.2) is 18.2 Å². The van der Waals surface area contributed by atoms with Crippen LogP contribution >= 0.6 is 0 Å². The van der Waals surface area contributed by atoms with Crippen molar-refractivity contribution in [1.82, 2.24) is 5.32 Å². The first-order chi connectivity index (χ1) is 9.04. The van der Waals surface area contributed by atoms with Crippen molar-refractivity contribution < 1.29 is 14.4 Å². The molecule has 0 aliphatic carbocycles. The number of carbonyl (C=O) groups excluding carboxylic acids is 3. The molecule has 1 aliphatic rings. The molecule has 2 N–H and O–H groups in total. The number of rotatable bonds is 5. The molecule has 0 aromatic heterocycles. The van der Waals surface area contributed by atoms with Crippen LogP contribution in [0.3, 0.4) is 0 Å². The smallest absolute Gasteiger partial charge is 0.228 e. The summed E-state index contributed by atoms with van der Waals surface area (Å²) in [5.74, 6) is -0.368. The number of benzene rings is 1. The first-order valence-electron chi connectivity index (χ1n) is 6.22. The quantitative estimate of drug-likeness (QED) is 0.770. The Labute approximate surface area is 111 Å². The van der Waals surface area contributed by atoms with Crippen molar-refractivity contribution in [2.45, 2.75) is 26.2 Å². The monoisotopic (exact) mass is 260 g/mol. The zero-order valence-electron chi connectivity index (χ0n) is 10.8. The lowest BCUT2D eigenvalue weighted by Crippen LogP contribution is -2.27. The third kappa shape index (κ3) is 3.64. The van der Waals surface area contributed by atoms with Gasteiger partial charge in [0.15, 0.2) is 0 Å². The van der Waals surface area contributed by atoms with E-state index in [4.69, 9.17) is 0 Å². The third-order valence-electron chi connectivity index (χ3n) is 2.94. The highest BCUT2D eigenvalue weighted by Crippen LogP contribution is 2.23. The number of Topliss-reactive ketones (excluding diaryl/α,β-unsaturated/α-hetero) is 1. The Kier molecular flexibility index (Phi) is 3.94. The van der Waals surface area contributed by atoms with Gasteiger partial charge < -0.3 is 10.6 Å². The van der Waals surface area contributed by atoms with Crippen LogP contribution in [-0.4, -0.2) is 24.1 Å². The minimum absolute atomic E-state index is 0.0157. The molecule has 0 bridgehead atoms. The third-order valence-corrected chi connectivity index (χ3v) is 2.94. The van der Waals surface area contributed by atoms with Gasteiger partial charge in [-0.05, 0) is 30.5 Å². The van der Waals surface area contributed by atoms with Gasteiger partial charge in [-0.3, -0.25) is 14.4 Å². The normalized spacial score (nSPS) is 12.8. The van der Waals surface area contributed by atoms with E-state index in [2.05, 4.69) is 10.6 Å². The van der Waals surface area contributed by atoms with Crippen LogP contribution in [0.1, 0.15) is 24.5 Å². The number of carbonyl (C=O) groups is 3. The summed E-state index contributed by atoms with van der Waals surface area (Å²) in [5, 5.41) is 5.47. The first-order valence-corrected chi connectivity index (χ1v) is 6.22. The summed E-state index contributed by atoms with van der Waals surface area (Å²) in [4.78, 5) is 33.3. The van der Waals surface area contributed by atoms with Gasteiger partial charge in [0.1, 0.15) is 5.78 Å². The molecule has 0 unspecified atom stereocenters. The molecule has 0 saturated heterocycles. The van der Waals surface area contributed by atoms with Crippen LogP contribution in [0.25, 0.3) is 0 Å². The molecule has 1 aromatic carbocycles. The zero-order valence-corrected chi connectivity index (χ0v) is 10.8. The molecule has 0 fully saturated rings. The second kappa shape index (κ2) is 5.65. The predicted molar refractivity (Wildman–Crippen MR) is 70.8 cm³/mol. The maximum absolute atomic E-state index is 11.3. The van der Waals surface area contributed by atoms with Gasteiger partial charge in [-0.2, -0.15) is 0 Å². The van der Waals surface area contributed by atoms with Crippen molar-refractivity contribution >= 4 is 23.3 Å². The molecule has 100 valence electrons. The molecule has 19 heavy (non-hydrogen) atoms. The molecule has 2 rings (SSSR count). The number of anilines is 1. The minimum Gasteiger partial charge on any atom is -0.355 e. The lowest BCUT2D eigenvalue weighted by atomic mass is 10.1. The summed E-state index contributed by atoms with van der Waals surface area (Å²) in [5.41, 5.74) is 2.94. The van der Waals surface area contributed by atoms with Crippen molar-refractivity contribution in [1.29, 1.82) is 0 Å². The average Bonchev–Trinajstić information content (AvgIpc) is 2.67. The Balaban J connectivity index is 1.84. The van der Waals surface area contributed by atoms with E-state index in [-0.39, 0.29) is 24.0 Å². The van der Waals surface area contributed by atoms with E-state index < -0.39 is 0 Å². The Hall–Kier alpha value is -2.17. The molecule has 5 nitrogen and oxygen atoms in total. The fraction of sp³-hybridized carbons (Fsp3) is 0.357. The van der Waals surface area contributed by atoms with E-state index in [1.165, 1.54) is 6.92 Å². The second-order valence-corrected chi connectivity index (χ2v) is 4.70. The van der Waals surface area contributed by atoms with Gasteiger partial charge in [-0.15, -0.1) is 0 Å². The molecular formula is C14H16N2O3. The molecule has 1 heterocycles. The van der Waals surface area contributed by atoms with E-state index in [9.17, 15) is 14.4 Å². The number of fused-ring (bicyclic) bond motifs is 1. The van der Waals surface area contributed by atoms with Gasteiger partial charge >= 0.3 is 0 Å². The maximum Gasteiger partial charge on any atom is 0.228 e. The fourth-order valence-corrected chi connectivity index (χ4v) is 2.07. The van der Waals surface area contributed by atoms with Gasteiger partial charge in [0.05, 0.1) is 12.8 Å². The van der Waals surface area contributed by atoms with Gasteiger partial charge in [-0.25, -0.2) is 0 Å². The summed E-state index contributed by atoms with van der Waals surface area (Å²) in [6.45, 7) is 1.89. The first kappa shape index (κ1) is 13.3. The topological polar surface area (TPSA) is 75.3 Å². The van der Waals surface area contributed by atoms with E-state index in [1.54, 1.807) is 0 Å². The van der Waals surface area contributed by atoms with Crippen LogP contribution < -0.4 is 10.6 Å². The van der Waals surface area contributed by atoms with Crippen LogP contribution in [0, 0.1) is 0 Å². The van der Waals surface area contributed by atoms with Gasteiger partial charge in [0.2, 0.25) is 11.8 Å². The largest absolute Gasteiger partial charge is 0.355 e. The second-order valence-electron chi connectivity index (χ2n) is 4.70. The lowest BCUT2D eigenvalue weighted by Gasteiger charge is -2.06. The molecule has 1 aliphatic heterocycles. The molecule has 0 radical (unpaired) electrons. The zero-order chi connectivity index (χ0) is 13.8. The molecular weight excluding hydrogens is 244 g/mol. The van der Waals surface area contributed by atoms with E-state index in [0.717, 1.165) is 16.8 Å². The standard InChI is InChI=1S/C14H16N2O3/c1-9(17)6-13(18)15-5-4-10-2-3-12-11(7-10)8-14(19)16-12/h2-3,7H,4-6,8H2,1H3,(H,15,18)(H,16,19). The van der Waals surface area contributed by atoms with Crippen molar-refractivity contribution in [3.8, 4) is 0 Å². The van der Waals surface area contributed by atoms with Gasteiger partial charge in [0.25, 0.3) is 0 Å². The van der Waals surface area contributed by atoms with Crippen LogP contribution in [0.5, 0.6) is 0 Å². The lowest BCUT2D eigenvalue weighted by molar-refractivity contribution is -0.127. The summed E-state index contributed by atoms with van der Waals surface area (Å²) in [7, 11) is 0. The molecule has 1 aromatic rings. The van der Waals surface area contributed by atoms with Gasteiger partial charge in [-0.1, -0.05) is 12.1 Å². The molecule has 0 spiro atoms. The Bertz CT molecular complexity index is 537. The molecule has 0 saturated carbocycles.